The summed E-state index contributed by atoms with van der Waals surface area (Å²) < 4.78 is 5.62. The van der Waals surface area contributed by atoms with Crippen molar-refractivity contribution in [3.8, 4) is 5.75 Å². The average molecular weight is 423 g/mol. The molecule has 1 aliphatic heterocycles. The van der Waals surface area contributed by atoms with Crippen LogP contribution in [0.1, 0.15) is 26.2 Å². The van der Waals surface area contributed by atoms with E-state index < -0.39 is 6.04 Å². The fourth-order valence-electron chi connectivity index (χ4n) is 2.84. The maximum absolute atomic E-state index is 12.7. The standard InChI is InChI=1S/C18H24Cl2N2O3.2H2O/c1-2-3-12-25-15-6-4-14(5-7-15)22-17(23)13-16(18(22)24)21(10-8-19)11-9-20;;/h4-7,16H,2-3,8-13H2,1H3;2*1H2. The molecule has 0 aliphatic carbocycles. The summed E-state index contributed by atoms with van der Waals surface area (Å²) in [6, 6.07) is 6.56. The maximum atomic E-state index is 12.7. The first-order chi connectivity index (χ1) is 12.1. The summed E-state index contributed by atoms with van der Waals surface area (Å²) in [6.07, 6.45) is 2.21. The molecule has 1 atom stereocenters. The lowest BCUT2D eigenvalue weighted by molar-refractivity contribution is -0.122. The Morgan fingerprint density at radius 1 is 1.11 bits per heavy atom. The quantitative estimate of drug-likeness (QED) is 0.323. The zero-order chi connectivity index (χ0) is 18.2. The van der Waals surface area contributed by atoms with Crippen molar-refractivity contribution in [1.29, 1.82) is 0 Å². The molecule has 27 heavy (non-hydrogen) atoms. The van der Waals surface area contributed by atoms with Crippen LogP contribution < -0.4 is 9.64 Å². The van der Waals surface area contributed by atoms with Gasteiger partial charge in [0.2, 0.25) is 5.91 Å². The van der Waals surface area contributed by atoms with Gasteiger partial charge in [-0.1, -0.05) is 13.3 Å². The highest BCUT2D eigenvalue weighted by Crippen LogP contribution is 2.27. The van der Waals surface area contributed by atoms with E-state index in [-0.39, 0.29) is 29.2 Å². The molecule has 1 unspecified atom stereocenters. The van der Waals surface area contributed by atoms with Crippen LogP contribution in [0.15, 0.2) is 24.3 Å². The number of rotatable bonds is 10. The fourth-order valence-corrected chi connectivity index (χ4v) is 3.27. The number of nitrogens with zero attached hydrogens (tertiary/aromatic N) is 2. The van der Waals surface area contributed by atoms with E-state index in [4.69, 9.17) is 27.9 Å². The number of alkyl halides is 2. The highest BCUT2D eigenvalue weighted by molar-refractivity contribution is 6.22. The van der Waals surface area contributed by atoms with E-state index in [0.717, 1.165) is 18.6 Å². The maximum Gasteiger partial charge on any atom is 0.251 e. The molecule has 2 amide bonds. The topological polar surface area (TPSA) is 113 Å². The van der Waals surface area contributed by atoms with Gasteiger partial charge >= 0.3 is 0 Å². The summed E-state index contributed by atoms with van der Waals surface area (Å²) in [6.45, 7) is 3.81. The zero-order valence-electron chi connectivity index (χ0n) is 15.4. The number of carbonyl (C=O) groups excluding carboxylic acids is 2. The Morgan fingerprint density at radius 3 is 2.22 bits per heavy atom. The number of unbranched alkanes of at least 4 members (excludes halogenated alkanes) is 1. The van der Waals surface area contributed by atoms with Gasteiger partial charge in [-0.25, -0.2) is 4.90 Å². The second-order valence-electron chi connectivity index (χ2n) is 5.90. The van der Waals surface area contributed by atoms with Gasteiger partial charge in [0.05, 0.1) is 24.8 Å². The number of carbonyl (C=O) groups is 2. The predicted octanol–water partition coefficient (Wildman–Crippen LogP) is 1.63. The summed E-state index contributed by atoms with van der Waals surface area (Å²) in [4.78, 5) is 28.3. The normalized spacial score (nSPS) is 16.3. The van der Waals surface area contributed by atoms with Gasteiger partial charge in [0.25, 0.3) is 5.91 Å². The Bertz CT molecular complexity index is 580. The number of hydrogen-bond donors (Lipinski definition) is 0. The van der Waals surface area contributed by atoms with Gasteiger partial charge in [-0.15, -0.1) is 23.2 Å². The Morgan fingerprint density at radius 2 is 1.70 bits per heavy atom. The van der Waals surface area contributed by atoms with Crippen molar-refractivity contribution in [3.63, 3.8) is 0 Å². The molecule has 7 nitrogen and oxygen atoms in total. The van der Waals surface area contributed by atoms with Gasteiger partial charge in [-0.05, 0) is 30.7 Å². The number of hydrogen-bond acceptors (Lipinski definition) is 4. The molecule has 154 valence electrons. The molecule has 0 bridgehead atoms. The van der Waals surface area contributed by atoms with E-state index in [1.807, 2.05) is 4.90 Å². The molecule has 0 saturated carbocycles. The second-order valence-corrected chi connectivity index (χ2v) is 6.65. The second kappa shape index (κ2) is 12.9. The van der Waals surface area contributed by atoms with E-state index in [9.17, 15) is 9.59 Å². The lowest BCUT2D eigenvalue weighted by Gasteiger charge is -2.25. The Kier molecular flexibility index (Phi) is 12.2. The molecular weight excluding hydrogens is 395 g/mol. The minimum Gasteiger partial charge on any atom is -0.494 e. The number of benzene rings is 1. The van der Waals surface area contributed by atoms with Crippen LogP contribution in [0.4, 0.5) is 5.69 Å². The first kappa shape index (κ1) is 25.6. The van der Waals surface area contributed by atoms with Crippen molar-refractivity contribution in [2.45, 2.75) is 32.2 Å². The van der Waals surface area contributed by atoms with Crippen LogP contribution in [0.2, 0.25) is 0 Å². The van der Waals surface area contributed by atoms with Crippen molar-refractivity contribution in [2.75, 3.05) is 36.4 Å². The third-order valence-corrected chi connectivity index (χ3v) is 4.51. The summed E-state index contributed by atoms with van der Waals surface area (Å²) in [5, 5.41) is 0. The van der Waals surface area contributed by atoms with Crippen molar-refractivity contribution in [3.05, 3.63) is 24.3 Å². The number of imide groups is 1. The molecule has 0 radical (unpaired) electrons. The molecule has 2 rings (SSSR count). The molecule has 1 fully saturated rings. The van der Waals surface area contributed by atoms with Crippen LogP contribution in [-0.4, -0.2) is 65.2 Å². The lowest BCUT2D eigenvalue weighted by atomic mass is 10.2. The molecule has 9 heteroatoms. The van der Waals surface area contributed by atoms with Crippen LogP contribution in [-0.2, 0) is 9.59 Å². The highest BCUT2D eigenvalue weighted by Gasteiger charge is 2.42. The van der Waals surface area contributed by atoms with Crippen molar-refractivity contribution >= 4 is 40.7 Å². The van der Waals surface area contributed by atoms with Crippen LogP contribution in [0.3, 0.4) is 0 Å². The van der Waals surface area contributed by atoms with Gasteiger partial charge in [0.1, 0.15) is 5.75 Å². The smallest absolute Gasteiger partial charge is 0.251 e. The third kappa shape index (κ3) is 6.62. The average Bonchev–Trinajstić information content (AvgIpc) is 2.90. The van der Waals surface area contributed by atoms with Crippen LogP contribution in [0.25, 0.3) is 0 Å². The minimum atomic E-state index is -0.495. The Labute approximate surface area is 169 Å². The Hall–Kier alpha value is -1.38. The molecule has 0 spiro atoms. The van der Waals surface area contributed by atoms with Crippen LogP contribution in [0.5, 0.6) is 5.75 Å². The largest absolute Gasteiger partial charge is 0.494 e. The van der Waals surface area contributed by atoms with Gasteiger partial charge in [-0.2, -0.15) is 0 Å². The van der Waals surface area contributed by atoms with Gasteiger partial charge in [0, 0.05) is 24.8 Å². The fraction of sp³-hybridized carbons (Fsp3) is 0.556. The molecule has 1 aromatic rings. The van der Waals surface area contributed by atoms with Gasteiger partial charge in [-0.3, -0.25) is 14.5 Å². The van der Waals surface area contributed by atoms with E-state index in [0.29, 0.717) is 37.1 Å². The molecule has 0 aromatic heterocycles. The number of ether oxygens (including phenoxy) is 1. The Balaban J connectivity index is 0.00000338. The molecule has 1 saturated heterocycles. The van der Waals surface area contributed by atoms with Gasteiger partial charge in [0.15, 0.2) is 0 Å². The van der Waals surface area contributed by atoms with E-state index >= 15 is 0 Å². The molecular formula is C18H28Cl2N2O5. The van der Waals surface area contributed by atoms with Crippen LogP contribution in [0, 0.1) is 0 Å². The number of amides is 2. The predicted molar refractivity (Wildman–Crippen MR) is 108 cm³/mol. The summed E-state index contributed by atoms with van der Waals surface area (Å²) >= 11 is 11.6. The third-order valence-electron chi connectivity index (χ3n) is 4.17. The number of halogens is 2. The van der Waals surface area contributed by atoms with Crippen molar-refractivity contribution < 1.29 is 25.3 Å². The zero-order valence-corrected chi connectivity index (χ0v) is 16.9. The SMILES string of the molecule is CCCCOc1ccc(N2C(=O)CC(N(CCCl)CCCl)C2=O)cc1.O.O. The minimum absolute atomic E-state index is 0. The van der Waals surface area contributed by atoms with Crippen molar-refractivity contribution in [2.24, 2.45) is 0 Å². The summed E-state index contributed by atoms with van der Waals surface area (Å²) in [5.74, 6) is 1.08. The van der Waals surface area contributed by atoms with Crippen molar-refractivity contribution in [1.82, 2.24) is 4.90 Å². The number of anilines is 1. The molecule has 1 aliphatic rings. The first-order valence-corrected chi connectivity index (χ1v) is 9.65. The summed E-state index contributed by atoms with van der Waals surface area (Å²) in [7, 11) is 0. The molecule has 4 N–H and O–H groups in total. The highest BCUT2D eigenvalue weighted by atomic mass is 35.5. The summed E-state index contributed by atoms with van der Waals surface area (Å²) in [5.41, 5.74) is 0.567. The lowest BCUT2D eigenvalue weighted by Crippen LogP contribution is -2.44. The first-order valence-electron chi connectivity index (χ1n) is 8.58. The molecule has 1 heterocycles. The van der Waals surface area contributed by atoms with E-state index in [2.05, 4.69) is 6.92 Å². The van der Waals surface area contributed by atoms with E-state index in [1.165, 1.54) is 4.90 Å². The monoisotopic (exact) mass is 422 g/mol. The van der Waals surface area contributed by atoms with Crippen LogP contribution >= 0.6 is 23.2 Å². The molecule has 1 aromatic carbocycles. The van der Waals surface area contributed by atoms with E-state index in [1.54, 1.807) is 24.3 Å². The van der Waals surface area contributed by atoms with Gasteiger partial charge < -0.3 is 15.7 Å².